The second-order valence-electron chi connectivity index (χ2n) is 5.16. The number of carbonyl (C=O) groups is 2. The molecule has 130 valence electrons. The van der Waals surface area contributed by atoms with Crippen molar-refractivity contribution in [2.24, 2.45) is 0 Å². The molecule has 1 fully saturated rings. The first-order valence-corrected chi connectivity index (χ1v) is 7.92. The smallest absolute Gasteiger partial charge is 0.354 e. The second kappa shape index (κ2) is 7.97. The van der Waals surface area contributed by atoms with E-state index < -0.39 is 17.5 Å². The Morgan fingerprint density at radius 2 is 1.71 bits per heavy atom. The van der Waals surface area contributed by atoms with Crippen LogP contribution in [0.1, 0.15) is 25.8 Å². The highest BCUT2D eigenvalue weighted by atomic mass is 16.6. The van der Waals surface area contributed by atoms with Crippen LogP contribution in [-0.4, -0.2) is 44.5 Å². The number of ether oxygens (including phenoxy) is 4. The van der Waals surface area contributed by atoms with E-state index >= 15 is 0 Å². The van der Waals surface area contributed by atoms with Gasteiger partial charge in [0.2, 0.25) is 0 Å². The molecule has 2 rings (SSSR count). The van der Waals surface area contributed by atoms with Gasteiger partial charge in [-0.15, -0.1) is 0 Å². The molecule has 0 unspecified atom stereocenters. The second-order valence-corrected chi connectivity index (χ2v) is 5.16. The van der Waals surface area contributed by atoms with Crippen LogP contribution in [0.15, 0.2) is 29.8 Å². The summed E-state index contributed by atoms with van der Waals surface area (Å²) in [7, 11) is 1.59. The third kappa shape index (κ3) is 3.43. The van der Waals surface area contributed by atoms with E-state index in [2.05, 4.69) is 0 Å². The van der Waals surface area contributed by atoms with Crippen molar-refractivity contribution in [3.05, 3.63) is 35.4 Å². The lowest BCUT2D eigenvalue weighted by molar-refractivity contribution is -0.180. The molecule has 1 saturated heterocycles. The van der Waals surface area contributed by atoms with Gasteiger partial charge in [0.05, 0.1) is 26.9 Å². The normalized spacial score (nSPS) is 17.5. The molecule has 0 spiro atoms. The standard InChI is InChI=1S/C18H22O6/c1-4-22-16(19)18(17(20)23-5-2)14(10-11-24-18)12-13-6-8-15(21-3)9-7-13/h6-9,12H,4-5,10-11H2,1-3H3/b14-12+. The molecular weight excluding hydrogens is 312 g/mol. The minimum Gasteiger partial charge on any atom is -0.497 e. The molecule has 6 heteroatoms. The molecule has 6 nitrogen and oxygen atoms in total. The van der Waals surface area contributed by atoms with Crippen LogP contribution in [0.3, 0.4) is 0 Å². The van der Waals surface area contributed by atoms with E-state index in [4.69, 9.17) is 18.9 Å². The van der Waals surface area contributed by atoms with Crippen molar-refractivity contribution in [3.63, 3.8) is 0 Å². The topological polar surface area (TPSA) is 71.1 Å². The van der Waals surface area contributed by atoms with Crippen LogP contribution in [0.5, 0.6) is 5.75 Å². The maximum absolute atomic E-state index is 12.5. The van der Waals surface area contributed by atoms with Gasteiger partial charge in [-0.3, -0.25) is 0 Å². The molecule has 0 N–H and O–H groups in total. The number of methoxy groups -OCH3 is 1. The van der Waals surface area contributed by atoms with Crippen LogP contribution < -0.4 is 4.74 Å². The Labute approximate surface area is 141 Å². The molecule has 1 aliphatic heterocycles. The van der Waals surface area contributed by atoms with Crippen molar-refractivity contribution in [2.45, 2.75) is 25.9 Å². The summed E-state index contributed by atoms with van der Waals surface area (Å²) in [5.74, 6) is -0.747. The Balaban J connectivity index is 2.42. The monoisotopic (exact) mass is 334 g/mol. The Bertz CT molecular complexity index is 599. The summed E-state index contributed by atoms with van der Waals surface area (Å²) in [5.41, 5.74) is -0.454. The number of hydrogen-bond acceptors (Lipinski definition) is 6. The molecular formula is C18H22O6. The van der Waals surface area contributed by atoms with Crippen LogP contribution in [0.2, 0.25) is 0 Å². The van der Waals surface area contributed by atoms with Gasteiger partial charge < -0.3 is 18.9 Å². The van der Waals surface area contributed by atoms with Crippen LogP contribution in [0, 0.1) is 0 Å². The molecule has 24 heavy (non-hydrogen) atoms. The lowest BCUT2D eigenvalue weighted by Gasteiger charge is -2.25. The van der Waals surface area contributed by atoms with E-state index in [-0.39, 0.29) is 19.8 Å². The van der Waals surface area contributed by atoms with Crippen molar-refractivity contribution in [1.82, 2.24) is 0 Å². The molecule has 0 atom stereocenters. The van der Waals surface area contributed by atoms with E-state index in [0.717, 1.165) is 11.3 Å². The Kier molecular flexibility index (Phi) is 5.98. The summed E-state index contributed by atoms with van der Waals surface area (Å²) < 4.78 is 20.8. The van der Waals surface area contributed by atoms with Gasteiger partial charge in [0.1, 0.15) is 5.75 Å². The molecule has 0 amide bonds. The van der Waals surface area contributed by atoms with Gasteiger partial charge in [0.15, 0.2) is 0 Å². The zero-order valence-corrected chi connectivity index (χ0v) is 14.2. The van der Waals surface area contributed by atoms with Crippen LogP contribution in [0.4, 0.5) is 0 Å². The maximum atomic E-state index is 12.5. The zero-order chi connectivity index (χ0) is 17.6. The summed E-state index contributed by atoms with van der Waals surface area (Å²) in [5, 5.41) is 0. The summed E-state index contributed by atoms with van der Waals surface area (Å²) in [6, 6.07) is 7.29. The Morgan fingerprint density at radius 1 is 1.12 bits per heavy atom. The van der Waals surface area contributed by atoms with Gasteiger partial charge in [-0.05, 0) is 43.5 Å². The fourth-order valence-corrected chi connectivity index (χ4v) is 2.59. The lowest BCUT2D eigenvalue weighted by Crippen LogP contribution is -2.49. The molecule has 1 aromatic rings. The fourth-order valence-electron chi connectivity index (χ4n) is 2.59. The molecule has 1 aliphatic rings. The average molecular weight is 334 g/mol. The average Bonchev–Trinajstić information content (AvgIpc) is 3.00. The first-order valence-electron chi connectivity index (χ1n) is 7.92. The molecule has 0 bridgehead atoms. The van der Waals surface area contributed by atoms with Gasteiger partial charge in [0.25, 0.3) is 5.60 Å². The summed E-state index contributed by atoms with van der Waals surface area (Å²) >= 11 is 0. The highest BCUT2D eigenvalue weighted by Gasteiger charge is 2.56. The van der Waals surface area contributed by atoms with Gasteiger partial charge in [-0.1, -0.05) is 18.2 Å². The van der Waals surface area contributed by atoms with Gasteiger partial charge >= 0.3 is 11.9 Å². The minimum absolute atomic E-state index is 0.152. The number of hydrogen-bond donors (Lipinski definition) is 0. The summed E-state index contributed by atoms with van der Waals surface area (Å²) in [6.45, 7) is 3.91. The number of carbonyl (C=O) groups excluding carboxylic acids is 2. The SMILES string of the molecule is CCOC(=O)C1(C(=O)OCC)OCC/C1=C\c1ccc(OC)cc1. The first-order chi connectivity index (χ1) is 11.6. The van der Waals surface area contributed by atoms with E-state index in [1.165, 1.54) is 0 Å². The predicted molar refractivity (Wildman–Crippen MR) is 87.5 cm³/mol. The van der Waals surface area contributed by atoms with Crippen LogP contribution in [-0.2, 0) is 23.8 Å². The van der Waals surface area contributed by atoms with Crippen LogP contribution in [0.25, 0.3) is 6.08 Å². The highest BCUT2D eigenvalue weighted by molar-refractivity contribution is 6.08. The van der Waals surface area contributed by atoms with Crippen LogP contribution >= 0.6 is 0 Å². The van der Waals surface area contributed by atoms with E-state index in [1.807, 2.05) is 12.1 Å². The molecule has 0 saturated carbocycles. The van der Waals surface area contributed by atoms with Crippen molar-refractivity contribution in [3.8, 4) is 5.75 Å². The molecule has 1 heterocycles. The minimum atomic E-state index is -1.81. The van der Waals surface area contributed by atoms with Crippen molar-refractivity contribution < 1.29 is 28.5 Å². The molecule has 0 aromatic heterocycles. The molecule has 0 radical (unpaired) electrons. The van der Waals surface area contributed by atoms with Crippen molar-refractivity contribution >= 4 is 18.0 Å². The van der Waals surface area contributed by atoms with E-state index in [9.17, 15) is 9.59 Å². The molecule has 1 aromatic carbocycles. The third-order valence-corrected chi connectivity index (χ3v) is 3.72. The summed E-state index contributed by atoms with van der Waals surface area (Å²) in [6.07, 6.45) is 2.21. The number of rotatable bonds is 6. The van der Waals surface area contributed by atoms with Gasteiger partial charge in [-0.25, -0.2) is 9.59 Å². The predicted octanol–water partition coefficient (Wildman–Crippen LogP) is 2.36. The summed E-state index contributed by atoms with van der Waals surface area (Å²) in [4.78, 5) is 25.0. The van der Waals surface area contributed by atoms with Gasteiger partial charge in [-0.2, -0.15) is 0 Å². The quantitative estimate of drug-likeness (QED) is 0.587. The fraction of sp³-hybridized carbons (Fsp3) is 0.444. The molecule has 0 aliphatic carbocycles. The van der Waals surface area contributed by atoms with Crippen molar-refractivity contribution in [1.29, 1.82) is 0 Å². The van der Waals surface area contributed by atoms with Gasteiger partial charge in [0, 0.05) is 0 Å². The maximum Gasteiger partial charge on any atom is 0.354 e. The zero-order valence-electron chi connectivity index (χ0n) is 14.2. The lowest BCUT2D eigenvalue weighted by atomic mass is 9.91. The Hall–Kier alpha value is -2.34. The highest BCUT2D eigenvalue weighted by Crippen LogP contribution is 2.36. The number of benzene rings is 1. The largest absolute Gasteiger partial charge is 0.497 e. The number of esters is 2. The third-order valence-electron chi connectivity index (χ3n) is 3.72. The first kappa shape index (κ1) is 18.0. The van der Waals surface area contributed by atoms with Crippen molar-refractivity contribution in [2.75, 3.05) is 26.9 Å². The Morgan fingerprint density at radius 3 is 2.21 bits per heavy atom. The van der Waals surface area contributed by atoms with E-state index in [1.54, 1.807) is 39.2 Å². The van der Waals surface area contributed by atoms with E-state index in [0.29, 0.717) is 12.0 Å².